The monoisotopic (exact) mass is 273 g/mol. The summed E-state index contributed by atoms with van der Waals surface area (Å²) in [5, 5.41) is 12.9. The summed E-state index contributed by atoms with van der Waals surface area (Å²) in [5.41, 5.74) is 5.46. The van der Waals surface area contributed by atoms with Gasteiger partial charge in [-0.2, -0.15) is 0 Å². The van der Waals surface area contributed by atoms with Crippen LogP contribution in [-0.4, -0.2) is 60.0 Å². The summed E-state index contributed by atoms with van der Waals surface area (Å²) in [6.07, 6.45) is 2.04. The van der Waals surface area contributed by atoms with Crippen LogP contribution in [0.2, 0.25) is 0 Å². The van der Waals surface area contributed by atoms with Crippen molar-refractivity contribution < 1.29 is 9.50 Å². The van der Waals surface area contributed by atoms with E-state index in [4.69, 9.17) is 5.73 Å². The molecule has 4 N–H and O–H groups in total. The van der Waals surface area contributed by atoms with Gasteiger partial charge >= 0.3 is 0 Å². The molecular formula is C14H28FN3O. The molecule has 0 spiro atoms. The summed E-state index contributed by atoms with van der Waals surface area (Å²) in [4.78, 5) is 2.22. The fourth-order valence-electron chi connectivity index (χ4n) is 3.56. The van der Waals surface area contributed by atoms with Crippen LogP contribution in [0.3, 0.4) is 0 Å². The standard InChI is InChI=1S/C14H28FN3O/c1-14(2,19)7-10-3-5-18(6-4-10)13-11(15)8-17-9-12(13)16/h10-13,17,19H,3-9,16H2,1-2H3. The predicted molar refractivity (Wildman–Crippen MR) is 74.7 cm³/mol. The number of nitrogens with two attached hydrogens (primary N) is 1. The molecule has 0 aromatic carbocycles. The van der Waals surface area contributed by atoms with Crippen molar-refractivity contribution in [3.8, 4) is 0 Å². The second kappa shape index (κ2) is 6.04. The highest BCUT2D eigenvalue weighted by atomic mass is 19.1. The second-order valence-corrected chi connectivity index (χ2v) is 6.82. The highest BCUT2D eigenvalue weighted by molar-refractivity contribution is 4.96. The molecule has 2 rings (SSSR count). The molecule has 5 heteroatoms. The molecule has 0 aromatic rings. The maximum atomic E-state index is 14.0. The Balaban J connectivity index is 1.85. The molecule has 4 nitrogen and oxygen atoms in total. The number of halogens is 1. The highest BCUT2D eigenvalue weighted by Gasteiger charge is 2.37. The summed E-state index contributed by atoms with van der Waals surface area (Å²) in [6, 6.07) is -0.251. The van der Waals surface area contributed by atoms with Gasteiger partial charge in [-0.3, -0.25) is 4.90 Å². The normalized spacial score (nSPS) is 35.5. The molecule has 2 aliphatic heterocycles. The molecule has 0 radical (unpaired) electrons. The number of nitrogens with one attached hydrogen (secondary N) is 1. The van der Waals surface area contributed by atoms with Crippen molar-refractivity contribution in [1.29, 1.82) is 0 Å². The van der Waals surface area contributed by atoms with Gasteiger partial charge in [0.1, 0.15) is 6.17 Å². The maximum Gasteiger partial charge on any atom is 0.129 e. The lowest BCUT2D eigenvalue weighted by Crippen LogP contribution is -2.63. The van der Waals surface area contributed by atoms with Crippen molar-refractivity contribution in [2.24, 2.45) is 11.7 Å². The average Bonchev–Trinajstić information content (AvgIpc) is 2.29. The zero-order valence-electron chi connectivity index (χ0n) is 12.1. The molecular weight excluding hydrogens is 245 g/mol. The first-order valence-electron chi connectivity index (χ1n) is 7.43. The lowest BCUT2D eigenvalue weighted by atomic mass is 9.85. The minimum absolute atomic E-state index is 0.116. The summed E-state index contributed by atoms with van der Waals surface area (Å²) >= 11 is 0. The Labute approximate surface area is 115 Å². The fraction of sp³-hybridized carbons (Fsp3) is 1.00. The molecule has 0 aliphatic carbocycles. The Hall–Kier alpha value is -0.230. The highest BCUT2D eigenvalue weighted by Crippen LogP contribution is 2.28. The zero-order chi connectivity index (χ0) is 14.0. The number of aliphatic hydroxyl groups is 1. The summed E-state index contributed by atoms with van der Waals surface area (Å²) in [7, 11) is 0. The molecule has 3 unspecified atom stereocenters. The van der Waals surface area contributed by atoms with Crippen molar-refractivity contribution in [2.75, 3.05) is 26.2 Å². The van der Waals surface area contributed by atoms with Crippen LogP contribution in [0.15, 0.2) is 0 Å². The number of rotatable bonds is 3. The predicted octanol–water partition coefficient (Wildman–Crippen LogP) is 0.497. The van der Waals surface area contributed by atoms with E-state index >= 15 is 0 Å². The molecule has 2 aliphatic rings. The van der Waals surface area contributed by atoms with E-state index in [1.54, 1.807) is 0 Å². The lowest BCUT2D eigenvalue weighted by Gasteiger charge is -2.44. The summed E-state index contributed by atoms with van der Waals surface area (Å²) in [5.74, 6) is 0.548. The van der Waals surface area contributed by atoms with Crippen LogP contribution in [0, 0.1) is 5.92 Å². The van der Waals surface area contributed by atoms with E-state index in [1.807, 2.05) is 13.8 Å². The van der Waals surface area contributed by atoms with E-state index in [2.05, 4.69) is 10.2 Å². The van der Waals surface area contributed by atoms with Gasteiger partial charge in [0, 0.05) is 19.1 Å². The van der Waals surface area contributed by atoms with E-state index in [0.717, 1.165) is 32.4 Å². The Bertz CT molecular complexity index is 277. The Morgan fingerprint density at radius 1 is 1.32 bits per heavy atom. The van der Waals surface area contributed by atoms with Crippen LogP contribution in [0.1, 0.15) is 33.1 Å². The molecule has 2 heterocycles. The number of hydrogen-bond donors (Lipinski definition) is 3. The fourth-order valence-corrected chi connectivity index (χ4v) is 3.56. The van der Waals surface area contributed by atoms with E-state index in [9.17, 15) is 9.50 Å². The quantitative estimate of drug-likeness (QED) is 0.701. The van der Waals surface area contributed by atoms with E-state index in [-0.39, 0.29) is 12.1 Å². The first kappa shape index (κ1) is 15.2. The minimum Gasteiger partial charge on any atom is -0.390 e. The van der Waals surface area contributed by atoms with Gasteiger partial charge < -0.3 is 16.2 Å². The van der Waals surface area contributed by atoms with Crippen LogP contribution < -0.4 is 11.1 Å². The lowest BCUT2D eigenvalue weighted by molar-refractivity contribution is 0.0130. The smallest absolute Gasteiger partial charge is 0.129 e. The molecule has 0 aromatic heterocycles. The van der Waals surface area contributed by atoms with Gasteiger partial charge in [0.2, 0.25) is 0 Å². The van der Waals surface area contributed by atoms with E-state index in [0.29, 0.717) is 19.0 Å². The largest absolute Gasteiger partial charge is 0.390 e. The molecule has 2 fully saturated rings. The van der Waals surface area contributed by atoms with Crippen LogP contribution >= 0.6 is 0 Å². The van der Waals surface area contributed by atoms with Gasteiger partial charge in [0.05, 0.1) is 11.6 Å². The number of likely N-dealkylation sites (tertiary alicyclic amines) is 1. The van der Waals surface area contributed by atoms with Crippen molar-refractivity contribution in [3.63, 3.8) is 0 Å². The topological polar surface area (TPSA) is 61.5 Å². The molecule has 112 valence electrons. The van der Waals surface area contributed by atoms with Gasteiger partial charge in [-0.25, -0.2) is 4.39 Å². The van der Waals surface area contributed by atoms with E-state index < -0.39 is 11.8 Å². The molecule has 19 heavy (non-hydrogen) atoms. The zero-order valence-corrected chi connectivity index (χ0v) is 12.1. The number of alkyl halides is 1. The van der Waals surface area contributed by atoms with Gasteiger partial charge in [0.15, 0.2) is 0 Å². The number of nitrogens with zero attached hydrogens (tertiary/aromatic N) is 1. The molecule has 0 saturated carbocycles. The van der Waals surface area contributed by atoms with Crippen molar-refractivity contribution in [1.82, 2.24) is 10.2 Å². The third-order valence-corrected chi connectivity index (χ3v) is 4.39. The summed E-state index contributed by atoms with van der Waals surface area (Å²) in [6.45, 7) is 6.65. The molecule has 3 atom stereocenters. The first-order chi connectivity index (χ1) is 8.87. The second-order valence-electron chi connectivity index (χ2n) is 6.82. The van der Waals surface area contributed by atoms with Gasteiger partial charge in [-0.1, -0.05) is 0 Å². The molecule has 0 bridgehead atoms. The van der Waals surface area contributed by atoms with Crippen molar-refractivity contribution >= 4 is 0 Å². The third kappa shape index (κ3) is 4.12. The van der Waals surface area contributed by atoms with Gasteiger partial charge in [-0.05, 0) is 52.1 Å². The first-order valence-corrected chi connectivity index (χ1v) is 7.43. The van der Waals surface area contributed by atoms with Crippen LogP contribution in [0.5, 0.6) is 0 Å². The molecule has 2 saturated heterocycles. The van der Waals surface area contributed by atoms with Crippen molar-refractivity contribution in [3.05, 3.63) is 0 Å². The molecule has 0 amide bonds. The number of hydrogen-bond acceptors (Lipinski definition) is 4. The Morgan fingerprint density at radius 2 is 1.95 bits per heavy atom. The SMILES string of the molecule is CC(C)(O)CC1CCN(C2C(N)CNCC2F)CC1. The van der Waals surface area contributed by atoms with E-state index in [1.165, 1.54) is 0 Å². The number of piperidine rings is 2. The van der Waals surface area contributed by atoms with Crippen LogP contribution in [0.25, 0.3) is 0 Å². The summed E-state index contributed by atoms with van der Waals surface area (Å²) < 4.78 is 14.0. The van der Waals surface area contributed by atoms with Crippen LogP contribution in [-0.2, 0) is 0 Å². The average molecular weight is 273 g/mol. The van der Waals surface area contributed by atoms with Crippen molar-refractivity contribution in [2.45, 2.75) is 57.0 Å². The Kier molecular flexibility index (Phi) is 4.82. The van der Waals surface area contributed by atoms with Crippen LogP contribution in [0.4, 0.5) is 4.39 Å². The Morgan fingerprint density at radius 3 is 2.47 bits per heavy atom. The maximum absolute atomic E-state index is 14.0. The minimum atomic E-state index is -0.866. The van der Waals surface area contributed by atoms with Gasteiger partial charge in [0.25, 0.3) is 0 Å². The van der Waals surface area contributed by atoms with Gasteiger partial charge in [-0.15, -0.1) is 0 Å². The third-order valence-electron chi connectivity index (χ3n) is 4.39.